The summed E-state index contributed by atoms with van der Waals surface area (Å²) in [5, 5.41) is 9.29. The Balaban J connectivity index is 0.00000225. The normalized spacial score (nSPS) is 10.3. The average Bonchev–Trinajstić information content (AvgIpc) is 3.40. The molecule has 0 spiro atoms. The van der Waals surface area contributed by atoms with Crippen LogP contribution in [0.3, 0.4) is 0 Å². The Bertz CT molecular complexity index is 1030. The molecule has 28 heavy (non-hydrogen) atoms. The summed E-state index contributed by atoms with van der Waals surface area (Å²) in [5.41, 5.74) is 2.65. The van der Waals surface area contributed by atoms with E-state index < -0.39 is 0 Å². The van der Waals surface area contributed by atoms with Crippen LogP contribution in [0.15, 0.2) is 78.4 Å². The van der Waals surface area contributed by atoms with Crippen molar-refractivity contribution in [3.63, 3.8) is 0 Å². The van der Waals surface area contributed by atoms with E-state index in [2.05, 4.69) is 10.2 Å². The van der Waals surface area contributed by atoms with Gasteiger partial charge in [0.1, 0.15) is 12.4 Å². The van der Waals surface area contributed by atoms with Crippen molar-refractivity contribution in [2.75, 3.05) is 0 Å². The molecular formula is C21H18BrN3O2S. The molecule has 1 N–H and O–H groups in total. The summed E-state index contributed by atoms with van der Waals surface area (Å²) < 4.78 is 7.62. The Morgan fingerprint density at radius 3 is 2.75 bits per heavy atom. The predicted octanol–water partition coefficient (Wildman–Crippen LogP) is 0.892. The number of thiophene rings is 1. The van der Waals surface area contributed by atoms with Crippen LogP contribution in [0.2, 0.25) is 0 Å². The average molecular weight is 456 g/mol. The molecule has 0 aliphatic heterocycles. The number of nitrogens with one attached hydrogen (secondary N) is 1. The fourth-order valence-electron chi connectivity index (χ4n) is 2.71. The third-order valence-corrected chi connectivity index (χ3v) is 4.96. The molecule has 0 atom stereocenters. The largest absolute Gasteiger partial charge is 1.00 e. The van der Waals surface area contributed by atoms with E-state index in [0.29, 0.717) is 13.2 Å². The summed E-state index contributed by atoms with van der Waals surface area (Å²) in [6.45, 7) is 0.726. The molecule has 0 saturated carbocycles. The van der Waals surface area contributed by atoms with Crippen molar-refractivity contribution in [3.8, 4) is 17.0 Å². The van der Waals surface area contributed by atoms with E-state index in [1.807, 2.05) is 83.0 Å². The van der Waals surface area contributed by atoms with Gasteiger partial charge in [-0.15, -0.1) is 11.3 Å². The number of aromatic nitrogens is 3. The summed E-state index contributed by atoms with van der Waals surface area (Å²) in [6.07, 6.45) is 3.82. The second-order valence-corrected chi connectivity index (χ2v) is 6.99. The first-order valence-corrected chi connectivity index (χ1v) is 9.44. The van der Waals surface area contributed by atoms with Crippen LogP contribution in [0.25, 0.3) is 11.3 Å². The number of ketones is 1. The van der Waals surface area contributed by atoms with Gasteiger partial charge in [0.05, 0.1) is 21.8 Å². The SMILES string of the molecule is O=C(C[n+]1cccc(-c2cc(COc3ccccc3)[nH]n2)c1)c1cccs1.[Br-]. The van der Waals surface area contributed by atoms with Crippen molar-refractivity contribution in [1.82, 2.24) is 10.2 Å². The number of carbonyl (C=O) groups is 1. The topological polar surface area (TPSA) is 58.9 Å². The lowest BCUT2D eigenvalue weighted by Gasteiger charge is -2.02. The van der Waals surface area contributed by atoms with Crippen LogP contribution < -0.4 is 26.3 Å². The zero-order valence-electron chi connectivity index (χ0n) is 14.9. The van der Waals surface area contributed by atoms with Crippen molar-refractivity contribution in [2.45, 2.75) is 13.2 Å². The van der Waals surface area contributed by atoms with Crippen LogP contribution in [-0.4, -0.2) is 16.0 Å². The van der Waals surface area contributed by atoms with Gasteiger partial charge in [0, 0.05) is 6.07 Å². The lowest BCUT2D eigenvalue weighted by molar-refractivity contribution is -0.682. The second-order valence-electron chi connectivity index (χ2n) is 6.05. The van der Waals surface area contributed by atoms with Crippen LogP contribution in [0.4, 0.5) is 0 Å². The van der Waals surface area contributed by atoms with Crippen molar-refractivity contribution in [2.24, 2.45) is 0 Å². The minimum atomic E-state index is 0. The van der Waals surface area contributed by atoms with Crippen molar-refractivity contribution < 1.29 is 31.1 Å². The summed E-state index contributed by atoms with van der Waals surface area (Å²) in [4.78, 5) is 13.1. The van der Waals surface area contributed by atoms with E-state index in [1.54, 1.807) is 0 Å². The number of Topliss-reactive ketones (excluding diaryl/α,β-unsaturated/α-hetero) is 1. The van der Waals surface area contributed by atoms with Gasteiger partial charge in [-0.05, 0) is 35.7 Å². The van der Waals surface area contributed by atoms with E-state index in [1.165, 1.54) is 11.3 Å². The highest BCUT2D eigenvalue weighted by Crippen LogP contribution is 2.17. The zero-order valence-corrected chi connectivity index (χ0v) is 17.3. The first-order valence-electron chi connectivity index (χ1n) is 8.56. The maximum atomic E-state index is 12.3. The molecule has 4 rings (SSSR count). The molecule has 3 heterocycles. The monoisotopic (exact) mass is 455 g/mol. The van der Waals surface area contributed by atoms with Gasteiger partial charge in [0.2, 0.25) is 12.3 Å². The number of ether oxygens (including phenoxy) is 1. The molecule has 0 aliphatic carbocycles. The molecule has 0 unspecified atom stereocenters. The first kappa shape index (κ1) is 20.0. The standard InChI is InChI=1S/C21H18N3O2S.BrH/c25-20(21-9-5-11-27-21)14-24-10-4-6-16(13-24)19-12-17(22-23-19)15-26-18-7-2-1-3-8-18;/h1-13H,14-15H2,(H,22,23);1H/q+1;/p-1. The third kappa shape index (κ3) is 4.94. The highest BCUT2D eigenvalue weighted by Gasteiger charge is 2.15. The number of pyridine rings is 1. The van der Waals surface area contributed by atoms with Crippen LogP contribution >= 0.6 is 11.3 Å². The highest BCUT2D eigenvalue weighted by molar-refractivity contribution is 7.12. The van der Waals surface area contributed by atoms with E-state index in [9.17, 15) is 4.79 Å². The lowest BCUT2D eigenvalue weighted by atomic mass is 10.2. The number of rotatable bonds is 7. The van der Waals surface area contributed by atoms with Crippen molar-refractivity contribution in [3.05, 3.63) is 89.0 Å². The molecule has 0 fully saturated rings. The number of carbonyl (C=O) groups excluding carboxylic acids is 1. The molecule has 1 aromatic carbocycles. The maximum absolute atomic E-state index is 12.3. The molecular weight excluding hydrogens is 438 g/mol. The number of hydrogen-bond acceptors (Lipinski definition) is 4. The molecule has 142 valence electrons. The van der Waals surface area contributed by atoms with Gasteiger partial charge in [0.25, 0.3) is 0 Å². The van der Waals surface area contributed by atoms with Gasteiger partial charge >= 0.3 is 0 Å². The molecule has 0 saturated heterocycles. The summed E-state index contributed by atoms with van der Waals surface area (Å²) >= 11 is 1.46. The molecule has 3 aromatic heterocycles. The first-order chi connectivity index (χ1) is 13.3. The van der Waals surface area contributed by atoms with Gasteiger partial charge < -0.3 is 21.7 Å². The molecule has 0 amide bonds. The predicted molar refractivity (Wildman–Crippen MR) is 104 cm³/mol. The Kier molecular flexibility index (Phi) is 6.73. The zero-order chi connectivity index (χ0) is 18.5. The number of aromatic amines is 1. The van der Waals surface area contributed by atoms with E-state index >= 15 is 0 Å². The van der Waals surface area contributed by atoms with E-state index in [-0.39, 0.29) is 22.8 Å². The van der Waals surface area contributed by atoms with Crippen LogP contribution in [0, 0.1) is 0 Å². The summed E-state index contributed by atoms with van der Waals surface area (Å²) in [7, 11) is 0. The Morgan fingerprint density at radius 1 is 1.11 bits per heavy atom. The Hall–Kier alpha value is -2.77. The van der Waals surface area contributed by atoms with Gasteiger partial charge in [-0.2, -0.15) is 9.67 Å². The van der Waals surface area contributed by atoms with Gasteiger partial charge in [-0.1, -0.05) is 24.3 Å². The smallest absolute Gasteiger partial charge is 0.237 e. The number of halogens is 1. The molecule has 7 heteroatoms. The fraction of sp³-hybridized carbons (Fsp3) is 0.0952. The lowest BCUT2D eigenvalue weighted by Crippen LogP contribution is -3.00. The number of H-pyrrole nitrogens is 1. The third-order valence-electron chi connectivity index (χ3n) is 4.04. The van der Waals surface area contributed by atoms with Crippen molar-refractivity contribution >= 4 is 17.1 Å². The van der Waals surface area contributed by atoms with Gasteiger partial charge in [-0.25, -0.2) is 0 Å². The Morgan fingerprint density at radius 2 is 1.96 bits per heavy atom. The van der Waals surface area contributed by atoms with E-state index in [0.717, 1.165) is 27.6 Å². The van der Waals surface area contributed by atoms with E-state index in [4.69, 9.17) is 4.74 Å². The second kappa shape index (κ2) is 9.43. The highest BCUT2D eigenvalue weighted by atomic mass is 79.9. The molecule has 0 aliphatic rings. The van der Waals surface area contributed by atoms with Gasteiger partial charge in [0.15, 0.2) is 12.4 Å². The van der Waals surface area contributed by atoms with Crippen molar-refractivity contribution in [1.29, 1.82) is 0 Å². The molecule has 0 bridgehead atoms. The number of benzene rings is 1. The minimum absolute atomic E-state index is 0. The van der Waals surface area contributed by atoms with Crippen LogP contribution in [0.1, 0.15) is 15.4 Å². The fourth-order valence-corrected chi connectivity index (χ4v) is 3.37. The van der Waals surface area contributed by atoms with Gasteiger partial charge in [-0.3, -0.25) is 9.89 Å². The molecule has 4 aromatic rings. The quantitative estimate of drug-likeness (QED) is 0.332. The summed E-state index contributed by atoms with van der Waals surface area (Å²) in [5.74, 6) is 0.921. The Labute approximate surface area is 177 Å². The maximum Gasteiger partial charge on any atom is 0.237 e. The molecule has 5 nitrogen and oxygen atoms in total. The van der Waals surface area contributed by atoms with Crippen LogP contribution in [-0.2, 0) is 13.2 Å². The summed E-state index contributed by atoms with van der Waals surface area (Å²) in [6, 6.07) is 19.3. The van der Waals surface area contributed by atoms with Crippen LogP contribution in [0.5, 0.6) is 5.75 Å². The number of nitrogens with zero attached hydrogens (tertiary/aromatic N) is 2. The number of hydrogen-bond donors (Lipinski definition) is 1. The number of para-hydroxylation sites is 1. The molecule has 0 radical (unpaired) electrons. The minimum Gasteiger partial charge on any atom is -1.00 e.